The zero-order valence-corrected chi connectivity index (χ0v) is 14.2. The Balaban J connectivity index is 1.79. The van der Waals surface area contributed by atoms with Gasteiger partial charge in [-0.1, -0.05) is 84.9 Å². The van der Waals surface area contributed by atoms with Crippen LogP contribution in [-0.2, 0) is 0 Å². The monoisotopic (exact) mass is 320 g/mol. The van der Waals surface area contributed by atoms with E-state index in [4.69, 9.17) is 0 Å². The maximum absolute atomic E-state index is 2.37. The summed E-state index contributed by atoms with van der Waals surface area (Å²) in [5.74, 6) is 0. The summed E-state index contributed by atoms with van der Waals surface area (Å²) in [7, 11) is -0.367. The quantitative estimate of drug-likeness (QED) is 0.633. The van der Waals surface area contributed by atoms with Crippen LogP contribution in [0.4, 0.5) is 0 Å². The first-order chi connectivity index (χ1) is 10.9. The van der Waals surface area contributed by atoms with Gasteiger partial charge in [0.15, 0.2) is 0 Å². The molecule has 0 nitrogen and oxygen atoms in total. The van der Waals surface area contributed by atoms with Crippen molar-refractivity contribution in [2.75, 3.05) is 12.3 Å². The highest BCUT2D eigenvalue weighted by Gasteiger charge is 2.28. The van der Waals surface area contributed by atoms with Crippen LogP contribution in [0.25, 0.3) is 0 Å². The summed E-state index contributed by atoms with van der Waals surface area (Å²) in [6.07, 6.45) is 2.63. The Kier molecular flexibility index (Phi) is 4.07. The van der Waals surface area contributed by atoms with E-state index >= 15 is 0 Å². The van der Waals surface area contributed by atoms with E-state index < -0.39 is 0 Å². The molecule has 0 saturated carbocycles. The van der Waals surface area contributed by atoms with E-state index in [-0.39, 0.29) is 15.8 Å². The van der Waals surface area contributed by atoms with Crippen LogP contribution in [0.3, 0.4) is 0 Å². The largest absolute Gasteiger partial charge is 0.0622 e. The maximum Gasteiger partial charge on any atom is -0.0115 e. The molecule has 0 saturated heterocycles. The number of benzene rings is 3. The third-order valence-corrected chi connectivity index (χ3v) is 9.80. The third-order valence-electron chi connectivity index (χ3n) is 4.15. The van der Waals surface area contributed by atoms with Crippen molar-refractivity contribution in [3.63, 3.8) is 0 Å². The standard InChI is InChI=1S/C20H18P2/c1-3-9-17(10-4-1)21-15-16-22(18-11-5-2-6-12-18)20-14-8-7-13-19(20)21/h1-14H,15-16H2. The molecule has 0 radical (unpaired) electrons. The van der Waals surface area contributed by atoms with Gasteiger partial charge in [0.1, 0.15) is 0 Å². The molecule has 0 aliphatic carbocycles. The van der Waals surface area contributed by atoms with Gasteiger partial charge in [0.05, 0.1) is 0 Å². The summed E-state index contributed by atoms with van der Waals surface area (Å²) in [5, 5.41) is 6.25. The third kappa shape index (κ3) is 2.63. The molecule has 0 N–H and O–H groups in total. The normalized spacial score (nSPS) is 20.4. The molecule has 0 fully saturated rings. The lowest BCUT2D eigenvalue weighted by Crippen LogP contribution is -2.35. The van der Waals surface area contributed by atoms with Gasteiger partial charge in [0.2, 0.25) is 0 Å². The topological polar surface area (TPSA) is 0 Å². The molecule has 22 heavy (non-hydrogen) atoms. The summed E-state index contributed by atoms with van der Waals surface area (Å²) < 4.78 is 0. The fourth-order valence-electron chi connectivity index (χ4n) is 3.11. The Hall–Kier alpha value is -1.48. The molecule has 0 spiro atoms. The molecule has 1 heterocycles. The van der Waals surface area contributed by atoms with Crippen molar-refractivity contribution in [1.82, 2.24) is 0 Å². The molecule has 3 aromatic rings. The average Bonchev–Trinajstić information content (AvgIpc) is 2.62. The van der Waals surface area contributed by atoms with Crippen molar-refractivity contribution in [1.29, 1.82) is 0 Å². The number of hydrogen-bond acceptors (Lipinski definition) is 0. The fourth-order valence-corrected chi connectivity index (χ4v) is 9.29. The molecule has 1 aliphatic heterocycles. The van der Waals surface area contributed by atoms with Crippen molar-refractivity contribution in [3.8, 4) is 0 Å². The first-order valence-corrected chi connectivity index (χ1v) is 10.7. The van der Waals surface area contributed by atoms with Crippen LogP contribution in [0, 0.1) is 0 Å². The van der Waals surface area contributed by atoms with E-state index in [0.717, 1.165) is 0 Å². The van der Waals surface area contributed by atoms with Gasteiger partial charge in [0.25, 0.3) is 0 Å². The van der Waals surface area contributed by atoms with Gasteiger partial charge < -0.3 is 0 Å². The summed E-state index contributed by atoms with van der Waals surface area (Å²) in [6, 6.07) is 31.3. The van der Waals surface area contributed by atoms with Gasteiger partial charge in [-0.15, -0.1) is 0 Å². The number of rotatable bonds is 2. The molecule has 4 rings (SSSR count). The van der Waals surface area contributed by atoms with E-state index in [1.165, 1.54) is 22.9 Å². The Morgan fingerprint density at radius 3 is 1.23 bits per heavy atom. The zero-order valence-electron chi connectivity index (χ0n) is 12.4. The number of fused-ring (bicyclic) bond motifs is 1. The predicted molar refractivity (Wildman–Crippen MR) is 101 cm³/mol. The van der Waals surface area contributed by atoms with Crippen LogP contribution in [0.1, 0.15) is 0 Å². The lowest BCUT2D eigenvalue weighted by Gasteiger charge is -2.32. The second kappa shape index (κ2) is 6.33. The van der Waals surface area contributed by atoms with Gasteiger partial charge in [0, 0.05) is 0 Å². The first-order valence-electron chi connectivity index (χ1n) is 7.68. The van der Waals surface area contributed by atoms with Gasteiger partial charge in [-0.05, 0) is 49.4 Å². The summed E-state index contributed by atoms with van der Waals surface area (Å²) >= 11 is 0. The van der Waals surface area contributed by atoms with E-state index in [1.807, 2.05) is 0 Å². The van der Waals surface area contributed by atoms with Crippen molar-refractivity contribution in [2.45, 2.75) is 0 Å². The molecular weight excluding hydrogens is 302 g/mol. The minimum absolute atomic E-state index is 0.183. The Labute approximate surface area is 134 Å². The Morgan fingerprint density at radius 2 is 0.818 bits per heavy atom. The van der Waals surface area contributed by atoms with Gasteiger partial charge in [-0.2, -0.15) is 0 Å². The van der Waals surface area contributed by atoms with E-state index in [9.17, 15) is 0 Å². The smallest absolute Gasteiger partial charge is 0.0115 e. The van der Waals surface area contributed by atoms with Crippen molar-refractivity contribution in [3.05, 3.63) is 84.9 Å². The number of hydrogen-bond donors (Lipinski definition) is 0. The molecule has 2 heteroatoms. The van der Waals surface area contributed by atoms with Crippen LogP contribution in [0.2, 0.25) is 0 Å². The van der Waals surface area contributed by atoms with Crippen LogP contribution in [0.5, 0.6) is 0 Å². The molecule has 0 amide bonds. The van der Waals surface area contributed by atoms with Gasteiger partial charge >= 0.3 is 0 Å². The lowest BCUT2D eigenvalue weighted by molar-refractivity contribution is 1.50. The molecule has 1 aliphatic rings. The van der Waals surface area contributed by atoms with Crippen molar-refractivity contribution < 1.29 is 0 Å². The molecule has 2 unspecified atom stereocenters. The molecule has 2 atom stereocenters. The molecule has 108 valence electrons. The van der Waals surface area contributed by atoms with Crippen molar-refractivity contribution in [2.24, 2.45) is 0 Å². The lowest BCUT2D eigenvalue weighted by atomic mass is 10.4. The highest BCUT2D eigenvalue weighted by molar-refractivity contribution is 7.82. The SMILES string of the molecule is c1ccc(P2CCP(c3ccccc3)c3ccccc32)cc1. The van der Waals surface area contributed by atoms with Crippen LogP contribution in [0.15, 0.2) is 84.9 Å². The summed E-state index contributed by atoms with van der Waals surface area (Å²) in [6.45, 7) is 0. The van der Waals surface area contributed by atoms with E-state index in [1.54, 1.807) is 10.6 Å². The second-order valence-electron chi connectivity index (χ2n) is 5.46. The van der Waals surface area contributed by atoms with Gasteiger partial charge in [-0.25, -0.2) is 0 Å². The van der Waals surface area contributed by atoms with Crippen LogP contribution >= 0.6 is 15.8 Å². The Morgan fingerprint density at radius 1 is 0.455 bits per heavy atom. The zero-order chi connectivity index (χ0) is 14.8. The molecule has 0 bridgehead atoms. The highest BCUT2D eigenvalue weighted by Crippen LogP contribution is 2.46. The fraction of sp³-hybridized carbons (Fsp3) is 0.100. The molecule has 3 aromatic carbocycles. The second-order valence-corrected chi connectivity index (χ2v) is 10.1. The Bertz CT molecular complexity index is 686. The minimum atomic E-state index is -0.183. The molecule has 0 aromatic heterocycles. The summed E-state index contributed by atoms with van der Waals surface area (Å²) in [4.78, 5) is 0. The maximum atomic E-state index is 2.37. The van der Waals surface area contributed by atoms with Crippen LogP contribution < -0.4 is 21.2 Å². The molecular formula is C20H18P2. The highest BCUT2D eigenvalue weighted by atomic mass is 31.1. The van der Waals surface area contributed by atoms with Gasteiger partial charge in [-0.3, -0.25) is 0 Å². The van der Waals surface area contributed by atoms with E-state index in [2.05, 4.69) is 84.9 Å². The first kappa shape index (κ1) is 14.1. The average molecular weight is 320 g/mol. The summed E-state index contributed by atoms with van der Waals surface area (Å²) in [5.41, 5.74) is 0. The van der Waals surface area contributed by atoms with Crippen molar-refractivity contribution >= 4 is 37.1 Å². The van der Waals surface area contributed by atoms with Crippen LogP contribution in [-0.4, -0.2) is 12.3 Å². The van der Waals surface area contributed by atoms with E-state index in [0.29, 0.717) is 0 Å². The predicted octanol–water partition coefficient (Wildman–Crippen LogP) is 3.57. The minimum Gasteiger partial charge on any atom is -0.0622 e.